The largest absolute Gasteiger partial charge is 0.495 e. The van der Waals surface area contributed by atoms with E-state index in [9.17, 15) is 9.59 Å². The highest BCUT2D eigenvalue weighted by atomic mass is 35.5. The molecule has 0 aliphatic heterocycles. The highest BCUT2D eigenvalue weighted by Gasteiger charge is 2.18. The smallest absolute Gasteiger partial charge is 0.305 e. The Morgan fingerprint density at radius 3 is 1.78 bits per heavy atom. The van der Waals surface area contributed by atoms with Crippen molar-refractivity contribution in [2.45, 2.75) is 97.4 Å². The monoisotopic (exact) mass is 783 g/mol. The van der Waals surface area contributed by atoms with Gasteiger partial charge in [0.15, 0.2) is 11.0 Å². The number of benzene rings is 1. The SMILES string of the molecule is CCCc1nn(C)c2c(Cl)nc(CCCCC(=O)OC)nc12.CCCc1nn(C)c2c(NCc3ccc(OC)c(Cl)c3)nc(CCCCC(=O)OC)nc12. The summed E-state index contributed by atoms with van der Waals surface area (Å²) in [7, 11) is 8.17. The fourth-order valence-corrected chi connectivity index (χ4v) is 6.59. The number of esters is 2. The van der Waals surface area contributed by atoms with Crippen LogP contribution in [0.15, 0.2) is 18.2 Å². The summed E-state index contributed by atoms with van der Waals surface area (Å²) in [6, 6.07) is 5.70. The van der Waals surface area contributed by atoms with Crippen molar-refractivity contribution in [2.24, 2.45) is 14.1 Å². The van der Waals surface area contributed by atoms with E-state index in [1.54, 1.807) is 11.8 Å². The summed E-state index contributed by atoms with van der Waals surface area (Å²) in [6.07, 6.45) is 8.99. The molecule has 16 heteroatoms. The van der Waals surface area contributed by atoms with Crippen LogP contribution in [0, 0.1) is 0 Å². The quantitative estimate of drug-likeness (QED) is 0.0536. The fraction of sp³-hybridized carbons (Fsp3) is 0.526. The normalized spacial score (nSPS) is 11.1. The Labute approximate surface area is 326 Å². The molecule has 0 bridgehead atoms. The molecule has 0 atom stereocenters. The molecule has 4 aromatic heterocycles. The molecule has 1 aromatic carbocycles. The van der Waals surface area contributed by atoms with Crippen molar-refractivity contribution < 1.29 is 23.8 Å². The zero-order chi connectivity index (χ0) is 39.2. The van der Waals surface area contributed by atoms with Gasteiger partial charge in [-0.25, -0.2) is 19.9 Å². The highest BCUT2D eigenvalue weighted by molar-refractivity contribution is 6.33. The van der Waals surface area contributed by atoms with Crippen molar-refractivity contribution in [3.05, 3.63) is 57.0 Å². The Balaban J connectivity index is 0.000000258. The third-order valence-electron chi connectivity index (χ3n) is 8.72. The molecule has 0 radical (unpaired) electrons. The molecule has 54 heavy (non-hydrogen) atoms. The second kappa shape index (κ2) is 20.8. The van der Waals surface area contributed by atoms with Gasteiger partial charge in [0.25, 0.3) is 0 Å². The topological polar surface area (TPSA) is 161 Å². The molecule has 0 unspecified atom stereocenters. The van der Waals surface area contributed by atoms with Gasteiger partial charge in [0.1, 0.15) is 39.5 Å². The first kappa shape index (κ1) is 42.2. The number of anilines is 1. The molecular weight excluding hydrogens is 733 g/mol. The van der Waals surface area contributed by atoms with Crippen LogP contribution in [0.3, 0.4) is 0 Å². The van der Waals surface area contributed by atoms with Gasteiger partial charge in [0, 0.05) is 46.3 Å². The van der Waals surface area contributed by atoms with Crippen molar-refractivity contribution in [2.75, 3.05) is 26.6 Å². The Kier molecular flexibility index (Phi) is 16.2. The molecule has 5 aromatic rings. The molecule has 0 saturated heterocycles. The number of aryl methyl sites for hydroxylation is 6. The molecule has 14 nitrogen and oxygen atoms in total. The number of nitrogens with one attached hydrogen (secondary N) is 1. The molecule has 4 heterocycles. The molecule has 0 amide bonds. The maximum atomic E-state index is 11.4. The van der Waals surface area contributed by atoms with Crippen molar-refractivity contribution >= 4 is 63.0 Å². The minimum absolute atomic E-state index is 0.188. The average molecular weight is 785 g/mol. The molecule has 5 rings (SSSR count). The maximum absolute atomic E-state index is 11.4. The van der Waals surface area contributed by atoms with Crippen LogP contribution in [0.25, 0.3) is 22.1 Å². The lowest BCUT2D eigenvalue weighted by Gasteiger charge is -2.11. The van der Waals surface area contributed by atoms with E-state index in [1.165, 1.54) is 14.2 Å². The van der Waals surface area contributed by atoms with Crippen LogP contribution >= 0.6 is 23.2 Å². The number of carbonyl (C=O) groups excluding carboxylic acids is 2. The van der Waals surface area contributed by atoms with E-state index in [-0.39, 0.29) is 11.9 Å². The van der Waals surface area contributed by atoms with Gasteiger partial charge < -0.3 is 19.5 Å². The summed E-state index contributed by atoms with van der Waals surface area (Å²) < 4.78 is 18.1. The summed E-state index contributed by atoms with van der Waals surface area (Å²) in [5, 5.41) is 13.6. The van der Waals surface area contributed by atoms with Crippen LogP contribution in [0.5, 0.6) is 5.75 Å². The van der Waals surface area contributed by atoms with Crippen molar-refractivity contribution in [1.82, 2.24) is 39.5 Å². The van der Waals surface area contributed by atoms with Crippen molar-refractivity contribution in [3.63, 3.8) is 0 Å². The van der Waals surface area contributed by atoms with E-state index >= 15 is 0 Å². The number of aromatic nitrogens is 8. The molecular formula is C38H51Cl2N9O5. The van der Waals surface area contributed by atoms with E-state index in [1.807, 2.05) is 37.0 Å². The first-order valence-electron chi connectivity index (χ1n) is 18.3. The van der Waals surface area contributed by atoms with Crippen LogP contribution < -0.4 is 10.1 Å². The standard InChI is InChI=1S/C23H30ClN5O3.C15H21ClN4O2/c1-5-8-17-21-22(29(2)28-17)23(25-14-15-11-12-18(31-3)16(24)13-15)27-19(26-21)9-6-7-10-20(30)32-4;1-4-7-10-13-14(20(2)19-10)15(16)18-11(17-13)8-5-6-9-12(21)22-3/h11-13H,5-10,14H2,1-4H3,(H,25,26,27);4-9H2,1-3H3. The Morgan fingerprint density at radius 2 is 1.26 bits per heavy atom. The van der Waals surface area contributed by atoms with Crippen LogP contribution in [0.1, 0.15) is 93.8 Å². The van der Waals surface area contributed by atoms with Crippen LogP contribution in [0.2, 0.25) is 10.2 Å². The predicted molar refractivity (Wildman–Crippen MR) is 210 cm³/mol. The van der Waals surface area contributed by atoms with Gasteiger partial charge in [0.2, 0.25) is 0 Å². The van der Waals surface area contributed by atoms with Crippen LogP contribution in [-0.4, -0.2) is 72.8 Å². The zero-order valence-electron chi connectivity index (χ0n) is 32.3. The van der Waals surface area contributed by atoms with Gasteiger partial charge in [-0.05, 0) is 56.2 Å². The lowest BCUT2D eigenvalue weighted by atomic mass is 10.1. The van der Waals surface area contributed by atoms with Crippen LogP contribution in [0.4, 0.5) is 5.82 Å². The van der Waals surface area contributed by atoms with E-state index in [2.05, 4.69) is 44.1 Å². The summed E-state index contributed by atoms with van der Waals surface area (Å²) in [4.78, 5) is 41.0. The number of ether oxygens (including phenoxy) is 3. The summed E-state index contributed by atoms with van der Waals surface area (Å²) in [5.74, 6) is 2.44. The predicted octanol–water partition coefficient (Wildman–Crippen LogP) is 7.33. The van der Waals surface area contributed by atoms with E-state index in [0.717, 1.165) is 102 Å². The van der Waals surface area contributed by atoms with Gasteiger partial charge in [-0.2, -0.15) is 10.2 Å². The summed E-state index contributed by atoms with van der Waals surface area (Å²) in [6.45, 7) is 4.78. The Hall–Kier alpha value is -4.56. The second-order valence-electron chi connectivity index (χ2n) is 12.8. The zero-order valence-corrected chi connectivity index (χ0v) is 33.8. The van der Waals surface area contributed by atoms with E-state index < -0.39 is 0 Å². The van der Waals surface area contributed by atoms with Gasteiger partial charge in [0.05, 0.1) is 37.7 Å². The third kappa shape index (κ3) is 11.2. The van der Waals surface area contributed by atoms with E-state index in [4.69, 9.17) is 42.6 Å². The molecule has 0 spiro atoms. The number of rotatable bonds is 18. The van der Waals surface area contributed by atoms with E-state index in [0.29, 0.717) is 54.0 Å². The molecule has 0 fully saturated rings. The number of nitrogens with zero attached hydrogens (tertiary/aromatic N) is 8. The fourth-order valence-electron chi connectivity index (χ4n) is 6.00. The average Bonchev–Trinajstić information content (AvgIpc) is 3.65. The number of carbonyl (C=O) groups is 2. The van der Waals surface area contributed by atoms with Gasteiger partial charge in [-0.3, -0.25) is 19.0 Å². The van der Waals surface area contributed by atoms with Gasteiger partial charge in [-0.1, -0.05) is 56.0 Å². The molecule has 292 valence electrons. The lowest BCUT2D eigenvalue weighted by Crippen LogP contribution is -2.08. The molecule has 0 saturated carbocycles. The number of halogens is 2. The first-order valence-corrected chi connectivity index (χ1v) is 19.1. The summed E-state index contributed by atoms with van der Waals surface area (Å²) in [5.41, 5.74) is 6.32. The number of fused-ring (bicyclic) bond motifs is 2. The molecule has 1 N–H and O–H groups in total. The number of methoxy groups -OCH3 is 3. The highest BCUT2D eigenvalue weighted by Crippen LogP contribution is 2.28. The number of hydrogen-bond acceptors (Lipinski definition) is 12. The number of hydrogen-bond donors (Lipinski definition) is 1. The Bertz CT molecular complexity index is 2030. The van der Waals surface area contributed by atoms with Crippen molar-refractivity contribution in [1.29, 1.82) is 0 Å². The van der Waals surface area contributed by atoms with Crippen molar-refractivity contribution in [3.8, 4) is 5.75 Å². The van der Waals surface area contributed by atoms with Crippen LogP contribution in [-0.2, 0) is 65.4 Å². The minimum atomic E-state index is -0.195. The molecule has 0 aliphatic rings. The molecule has 0 aliphatic carbocycles. The summed E-state index contributed by atoms with van der Waals surface area (Å²) >= 11 is 12.6. The third-order valence-corrected chi connectivity index (χ3v) is 9.28. The minimum Gasteiger partial charge on any atom is -0.495 e. The van der Waals surface area contributed by atoms with Gasteiger partial charge >= 0.3 is 11.9 Å². The maximum Gasteiger partial charge on any atom is 0.305 e. The second-order valence-corrected chi connectivity index (χ2v) is 13.6. The first-order chi connectivity index (χ1) is 26.0. The number of unbranched alkanes of at least 4 members (excludes halogenated alkanes) is 2. The lowest BCUT2D eigenvalue weighted by molar-refractivity contribution is -0.141. The Morgan fingerprint density at radius 1 is 0.722 bits per heavy atom. The van der Waals surface area contributed by atoms with Gasteiger partial charge in [-0.15, -0.1) is 0 Å².